The number of aryl methyl sites for hydroxylation is 1. The number of hydrogen-bond acceptors (Lipinski definition) is 6. The minimum absolute atomic E-state index is 0.0141. The second kappa shape index (κ2) is 5.10. The van der Waals surface area contributed by atoms with E-state index in [9.17, 15) is 8.42 Å². The summed E-state index contributed by atoms with van der Waals surface area (Å²) >= 11 is 0. The van der Waals surface area contributed by atoms with Crippen molar-refractivity contribution in [2.24, 2.45) is 0 Å². The molecule has 2 heterocycles. The SMILES string of the molecule is Cc1cc(N)cc(-c2nnnn2C2CCS(=O)(=O)CC2)c1. The Morgan fingerprint density at radius 1 is 1.24 bits per heavy atom. The van der Waals surface area contributed by atoms with Gasteiger partial charge in [0.05, 0.1) is 17.5 Å². The first-order valence-corrected chi connectivity index (χ1v) is 8.62. The van der Waals surface area contributed by atoms with Crippen molar-refractivity contribution in [1.82, 2.24) is 20.2 Å². The van der Waals surface area contributed by atoms with E-state index in [1.807, 2.05) is 25.1 Å². The Kier molecular flexibility index (Phi) is 3.40. The van der Waals surface area contributed by atoms with Gasteiger partial charge in [0, 0.05) is 11.3 Å². The molecule has 0 atom stereocenters. The van der Waals surface area contributed by atoms with Gasteiger partial charge in [0.2, 0.25) is 0 Å². The molecule has 1 aromatic heterocycles. The number of hydrogen-bond donors (Lipinski definition) is 1. The summed E-state index contributed by atoms with van der Waals surface area (Å²) < 4.78 is 24.8. The first-order chi connectivity index (χ1) is 9.94. The van der Waals surface area contributed by atoms with Crippen LogP contribution in [0.25, 0.3) is 11.4 Å². The van der Waals surface area contributed by atoms with Gasteiger partial charge in [0.15, 0.2) is 5.82 Å². The Hall–Kier alpha value is -1.96. The summed E-state index contributed by atoms with van der Waals surface area (Å²) in [5, 5.41) is 11.9. The zero-order chi connectivity index (χ0) is 15.0. The van der Waals surface area contributed by atoms with Gasteiger partial charge in [-0.1, -0.05) is 0 Å². The molecule has 1 aromatic carbocycles. The van der Waals surface area contributed by atoms with Crippen LogP contribution in [0.5, 0.6) is 0 Å². The molecule has 0 spiro atoms. The van der Waals surface area contributed by atoms with E-state index in [2.05, 4.69) is 15.5 Å². The molecule has 1 saturated heterocycles. The monoisotopic (exact) mass is 307 g/mol. The number of nitrogens with two attached hydrogens (primary N) is 1. The van der Waals surface area contributed by atoms with Crippen LogP contribution in [0.4, 0.5) is 5.69 Å². The number of rotatable bonds is 2. The van der Waals surface area contributed by atoms with Crippen molar-refractivity contribution in [3.8, 4) is 11.4 Å². The van der Waals surface area contributed by atoms with E-state index in [1.54, 1.807) is 4.68 Å². The molecule has 2 N–H and O–H groups in total. The quantitative estimate of drug-likeness (QED) is 0.829. The molecule has 2 aromatic rings. The summed E-state index contributed by atoms with van der Waals surface area (Å²) in [6.45, 7) is 1.96. The Balaban J connectivity index is 1.94. The highest BCUT2D eigenvalue weighted by atomic mass is 32.2. The molecule has 0 bridgehead atoms. The predicted molar refractivity (Wildman–Crippen MR) is 79.3 cm³/mol. The summed E-state index contributed by atoms with van der Waals surface area (Å²) in [6, 6.07) is 5.69. The zero-order valence-electron chi connectivity index (χ0n) is 11.7. The van der Waals surface area contributed by atoms with E-state index in [1.165, 1.54) is 0 Å². The fourth-order valence-electron chi connectivity index (χ4n) is 2.69. The van der Waals surface area contributed by atoms with E-state index in [0.29, 0.717) is 24.4 Å². The van der Waals surface area contributed by atoms with E-state index >= 15 is 0 Å². The Morgan fingerprint density at radius 2 is 1.95 bits per heavy atom. The molecule has 0 radical (unpaired) electrons. The minimum Gasteiger partial charge on any atom is -0.399 e. The molecule has 0 saturated carbocycles. The van der Waals surface area contributed by atoms with Crippen LogP contribution in [0, 0.1) is 6.92 Å². The van der Waals surface area contributed by atoms with Crippen LogP contribution in [0.1, 0.15) is 24.4 Å². The lowest BCUT2D eigenvalue weighted by Gasteiger charge is -2.22. The lowest BCUT2D eigenvalue weighted by molar-refractivity contribution is 0.408. The maximum Gasteiger partial charge on any atom is 0.182 e. The van der Waals surface area contributed by atoms with Crippen molar-refractivity contribution < 1.29 is 8.42 Å². The van der Waals surface area contributed by atoms with Gasteiger partial charge < -0.3 is 5.73 Å². The van der Waals surface area contributed by atoms with Crippen molar-refractivity contribution in [2.75, 3.05) is 17.2 Å². The largest absolute Gasteiger partial charge is 0.399 e. The second-order valence-electron chi connectivity index (χ2n) is 5.46. The molecule has 0 aliphatic carbocycles. The molecule has 21 heavy (non-hydrogen) atoms. The topological polar surface area (TPSA) is 104 Å². The van der Waals surface area contributed by atoms with Crippen molar-refractivity contribution in [3.05, 3.63) is 23.8 Å². The standard InChI is InChI=1S/C13H17N5O2S/c1-9-6-10(8-11(14)7-9)13-15-16-17-18(13)12-2-4-21(19,20)5-3-12/h6-8,12H,2-5,14H2,1H3. The average Bonchev–Trinajstić information content (AvgIpc) is 2.86. The van der Waals surface area contributed by atoms with Crippen molar-refractivity contribution >= 4 is 15.5 Å². The molecule has 1 fully saturated rings. The molecule has 112 valence electrons. The highest BCUT2D eigenvalue weighted by molar-refractivity contribution is 7.91. The molecule has 0 amide bonds. The maximum absolute atomic E-state index is 11.5. The lowest BCUT2D eigenvalue weighted by Crippen LogP contribution is -2.26. The van der Waals surface area contributed by atoms with Crippen LogP contribution in [0.15, 0.2) is 18.2 Å². The molecule has 0 unspecified atom stereocenters. The number of aromatic nitrogens is 4. The zero-order valence-corrected chi connectivity index (χ0v) is 12.5. The molecule has 1 aliphatic heterocycles. The van der Waals surface area contributed by atoms with E-state index in [-0.39, 0.29) is 17.5 Å². The highest BCUT2D eigenvalue weighted by Gasteiger charge is 2.27. The second-order valence-corrected chi connectivity index (χ2v) is 7.77. The van der Waals surface area contributed by atoms with Gasteiger partial charge in [-0.05, 0) is 54.0 Å². The third kappa shape index (κ3) is 2.90. The average molecular weight is 307 g/mol. The normalized spacial score (nSPS) is 18.7. The van der Waals surface area contributed by atoms with Crippen LogP contribution in [0.2, 0.25) is 0 Å². The summed E-state index contributed by atoms with van der Waals surface area (Å²) in [5.41, 5.74) is 8.42. The summed E-state index contributed by atoms with van der Waals surface area (Å²) in [6.07, 6.45) is 1.09. The molecular weight excluding hydrogens is 290 g/mol. The van der Waals surface area contributed by atoms with Crippen molar-refractivity contribution in [2.45, 2.75) is 25.8 Å². The number of anilines is 1. The van der Waals surface area contributed by atoms with Gasteiger partial charge in [0.1, 0.15) is 9.84 Å². The van der Waals surface area contributed by atoms with Gasteiger partial charge in [-0.2, -0.15) is 0 Å². The van der Waals surface area contributed by atoms with Crippen molar-refractivity contribution in [3.63, 3.8) is 0 Å². The fraction of sp³-hybridized carbons (Fsp3) is 0.462. The summed E-state index contributed by atoms with van der Waals surface area (Å²) in [4.78, 5) is 0. The van der Waals surface area contributed by atoms with Gasteiger partial charge in [-0.15, -0.1) is 5.10 Å². The smallest absolute Gasteiger partial charge is 0.182 e. The Morgan fingerprint density at radius 3 is 2.62 bits per heavy atom. The first-order valence-electron chi connectivity index (χ1n) is 6.80. The van der Waals surface area contributed by atoms with Gasteiger partial charge in [0.25, 0.3) is 0 Å². The summed E-state index contributed by atoms with van der Waals surface area (Å²) in [7, 11) is -2.90. The van der Waals surface area contributed by atoms with Crippen molar-refractivity contribution in [1.29, 1.82) is 0 Å². The minimum atomic E-state index is -2.90. The van der Waals surface area contributed by atoms with E-state index in [0.717, 1.165) is 11.1 Å². The van der Waals surface area contributed by atoms with E-state index in [4.69, 9.17) is 5.73 Å². The fourth-order valence-corrected chi connectivity index (χ4v) is 4.16. The van der Waals surface area contributed by atoms with Crippen LogP contribution in [-0.2, 0) is 9.84 Å². The van der Waals surface area contributed by atoms with Gasteiger partial charge in [-0.25, -0.2) is 13.1 Å². The number of sulfone groups is 1. The van der Waals surface area contributed by atoms with Crippen LogP contribution in [0.3, 0.4) is 0 Å². The Labute approximate surface area is 123 Å². The third-order valence-electron chi connectivity index (χ3n) is 3.72. The maximum atomic E-state index is 11.5. The van der Waals surface area contributed by atoms with Crippen LogP contribution < -0.4 is 5.73 Å². The Bertz CT molecular complexity index is 734. The molecule has 3 rings (SSSR count). The van der Waals surface area contributed by atoms with Gasteiger partial charge >= 0.3 is 0 Å². The molecular formula is C13H17N5O2S. The number of benzene rings is 1. The molecule has 7 nitrogen and oxygen atoms in total. The van der Waals surface area contributed by atoms with Crippen LogP contribution in [-0.4, -0.2) is 40.1 Å². The predicted octanol–water partition coefficient (Wildman–Crippen LogP) is 0.980. The number of nitrogens with zero attached hydrogens (tertiary/aromatic N) is 4. The number of nitrogen functional groups attached to an aromatic ring is 1. The number of tetrazole rings is 1. The lowest BCUT2D eigenvalue weighted by atomic mass is 10.1. The van der Waals surface area contributed by atoms with Crippen LogP contribution >= 0.6 is 0 Å². The van der Waals surface area contributed by atoms with Gasteiger partial charge in [-0.3, -0.25) is 0 Å². The summed E-state index contributed by atoms with van der Waals surface area (Å²) in [5.74, 6) is 1.01. The van der Waals surface area contributed by atoms with E-state index < -0.39 is 9.84 Å². The molecule has 1 aliphatic rings. The highest BCUT2D eigenvalue weighted by Crippen LogP contribution is 2.28. The first kappa shape index (κ1) is 14.0. The molecule has 8 heteroatoms. The third-order valence-corrected chi connectivity index (χ3v) is 5.44.